The lowest BCUT2D eigenvalue weighted by Gasteiger charge is -2.07. The van der Waals surface area contributed by atoms with E-state index in [0.717, 1.165) is 0 Å². The number of nitrogens with two attached hydrogens (primary N) is 1. The van der Waals surface area contributed by atoms with Gasteiger partial charge in [-0.15, -0.1) is 6.42 Å². The van der Waals surface area contributed by atoms with E-state index in [2.05, 4.69) is 10.6 Å². The zero-order valence-electron chi connectivity index (χ0n) is 8.73. The molecule has 0 radical (unpaired) electrons. The highest BCUT2D eigenvalue weighted by atomic mass is 32.2. The SMILES string of the molecule is C#CCNS(=O)(=O)c1ccc(OC)c(N)c1. The summed E-state index contributed by atoms with van der Waals surface area (Å²) < 4.78 is 30.4. The van der Waals surface area contributed by atoms with Crippen LogP contribution < -0.4 is 15.2 Å². The van der Waals surface area contributed by atoms with E-state index in [9.17, 15) is 8.42 Å². The Morgan fingerprint density at radius 2 is 2.25 bits per heavy atom. The minimum Gasteiger partial charge on any atom is -0.495 e. The van der Waals surface area contributed by atoms with Gasteiger partial charge in [0.1, 0.15) is 5.75 Å². The standard InChI is InChI=1S/C10H12N2O3S/c1-3-6-12-16(13,14)8-4-5-10(15-2)9(11)7-8/h1,4-5,7,12H,6,11H2,2H3. The molecule has 6 heteroatoms. The minimum absolute atomic E-state index is 0.0565. The molecule has 0 aliphatic carbocycles. The Labute approximate surface area is 94.7 Å². The van der Waals surface area contributed by atoms with Gasteiger partial charge in [-0.05, 0) is 18.2 Å². The lowest BCUT2D eigenvalue weighted by Crippen LogP contribution is -2.24. The molecule has 0 aliphatic heterocycles. The third-order valence-corrected chi connectivity index (χ3v) is 3.27. The van der Waals surface area contributed by atoms with Crippen molar-refractivity contribution in [3.05, 3.63) is 18.2 Å². The van der Waals surface area contributed by atoms with Crippen molar-refractivity contribution in [1.29, 1.82) is 0 Å². The second-order valence-corrected chi connectivity index (χ2v) is 4.70. The van der Waals surface area contributed by atoms with Crippen LogP contribution in [-0.4, -0.2) is 22.1 Å². The van der Waals surface area contributed by atoms with Crippen LogP contribution in [0.1, 0.15) is 0 Å². The van der Waals surface area contributed by atoms with Gasteiger partial charge in [0.15, 0.2) is 0 Å². The first-order valence-electron chi connectivity index (χ1n) is 4.38. The first-order valence-corrected chi connectivity index (χ1v) is 5.86. The van der Waals surface area contributed by atoms with E-state index in [4.69, 9.17) is 16.9 Å². The van der Waals surface area contributed by atoms with Crippen molar-refractivity contribution in [2.24, 2.45) is 0 Å². The van der Waals surface area contributed by atoms with E-state index in [-0.39, 0.29) is 17.1 Å². The first kappa shape index (κ1) is 12.4. The Morgan fingerprint density at radius 1 is 1.56 bits per heavy atom. The number of nitrogen functional groups attached to an aromatic ring is 1. The van der Waals surface area contributed by atoms with Gasteiger partial charge in [-0.3, -0.25) is 0 Å². The van der Waals surface area contributed by atoms with Gasteiger partial charge in [0.2, 0.25) is 10.0 Å². The molecular weight excluding hydrogens is 228 g/mol. The van der Waals surface area contributed by atoms with E-state index < -0.39 is 10.0 Å². The number of terminal acetylenes is 1. The summed E-state index contributed by atoms with van der Waals surface area (Å²) in [5.41, 5.74) is 5.86. The molecule has 5 nitrogen and oxygen atoms in total. The molecule has 0 aromatic heterocycles. The van der Waals surface area contributed by atoms with Crippen LogP contribution in [0.2, 0.25) is 0 Å². The van der Waals surface area contributed by atoms with E-state index in [1.807, 2.05) is 0 Å². The molecule has 0 amide bonds. The fourth-order valence-corrected chi connectivity index (χ4v) is 2.07. The third-order valence-electron chi connectivity index (χ3n) is 1.88. The Bertz CT molecular complexity index is 517. The van der Waals surface area contributed by atoms with Gasteiger partial charge >= 0.3 is 0 Å². The van der Waals surface area contributed by atoms with Crippen molar-refractivity contribution in [3.63, 3.8) is 0 Å². The number of nitrogens with one attached hydrogen (secondary N) is 1. The normalized spacial score (nSPS) is 10.8. The van der Waals surface area contributed by atoms with Crippen LogP contribution in [0.3, 0.4) is 0 Å². The Kier molecular flexibility index (Phi) is 3.77. The highest BCUT2D eigenvalue weighted by Gasteiger charge is 2.14. The molecule has 0 atom stereocenters. The lowest BCUT2D eigenvalue weighted by molar-refractivity contribution is 0.416. The maximum atomic E-state index is 11.6. The Hall–Kier alpha value is -1.71. The van der Waals surface area contributed by atoms with Crippen molar-refractivity contribution in [2.45, 2.75) is 4.90 Å². The fraction of sp³-hybridized carbons (Fsp3) is 0.200. The maximum absolute atomic E-state index is 11.6. The van der Waals surface area contributed by atoms with E-state index in [0.29, 0.717) is 5.75 Å². The average molecular weight is 240 g/mol. The summed E-state index contributed by atoms with van der Waals surface area (Å²) in [6.07, 6.45) is 4.97. The second-order valence-electron chi connectivity index (χ2n) is 2.93. The second kappa shape index (κ2) is 4.88. The zero-order chi connectivity index (χ0) is 12.2. The lowest BCUT2D eigenvalue weighted by atomic mass is 10.3. The predicted molar refractivity (Wildman–Crippen MR) is 61.4 cm³/mol. The van der Waals surface area contributed by atoms with Crippen molar-refractivity contribution >= 4 is 15.7 Å². The Balaban J connectivity index is 3.06. The minimum atomic E-state index is -3.60. The summed E-state index contributed by atoms with van der Waals surface area (Å²) in [6, 6.07) is 4.20. The van der Waals surface area contributed by atoms with Crippen LogP contribution in [0, 0.1) is 12.3 Å². The molecule has 16 heavy (non-hydrogen) atoms. The smallest absolute Gasteiger partial charge is 0.241 e. The van der Waals surface area contributed by atoms with E-state index in [1.165, 1.54) is 25.3 Å². The summed E-state index contributed by atoms with van der Waals surface area (Å²) in [6.45, 7) is -0.0612. The van der Waals surface area contributed by atoms with Crippen molar-refractivity contribution in [1.82, 2.24) is 4.72 Å². The average Bonchev–Trinajstić information content (AvgIpc) is 2.26. The molecule has 1 rings (SSSR count). The molecule has 1 aromatic rings. The summed E-state index contributed by atoms with van der Waals surface area (Å²) in [4.78, 5) is 0.0565. The molecule has 0 saturated carbocycles. The topological polar surface area (TPSA) is 81.4 Å². The van der Waals surface area contributed by atoms with Crippen LogP contribution in [0.15, 0.2) is 23.1 Å². The van der Waals surface area contributed by atoms with E-state index >= 15 is 0 Å². The van der Waals surface area contributed by atoms with Crippen LogP contribution in [0.5, 0.6) is 5.75 Å². The van der Waals surface area contributed by atoms with Crippen LogP contribution in [-0.2, 0) is 10.0 Å². The van der Waals surface area contributed by atoms with Gasteiger partial charge < -0.3 is 10.5 Å². The maximum Gasteiger partial charge on any atom is 0.241 e. The third kappa shape index (κ3) is 2.66. The highest BCUT2D eigenvalue weighted by Crippen LogP contribution is 2.23. The van der Waals surface area contributed by atoms with Gasteiger partial charge in [-0.2, -0.15) is 4.72 Å². The number of methoxy groups -OCH3 is 1. The summed E-state index contributed by atoms with van der Waals surface area (Å²) in [5.74, 6) is 2.61. The van der Waals surface area contributed by atoms with Crippen LogP contribution in [0.25, 0.3) is 0 Å². The molecule has 0 fully saturated rings. The van der Waals surface area contributed by atoms with Crippen molar-refractivity contribution in [2.75, 3.05) is 19.4 Å². The van der Waals surface area contributed by atoms with Gasteiger partial charge in [-0.25, -0.2) is 8.42 Å². The largest absolute Gasteiger partial charge is 0.495 e. The van der Waals surface area contributed by atoms with Gasteiger partial charge in [0, 0.05) is 0 Å². The van der Waals surface area contributed by atoms with Gasteiger partial charge in [-0.1, -0.05) is 5.92 Å². The molecule has 0 saturated heterocycles. The van der Waals surface area contributed by atoms with Crippen molar-refractivity contribution < 1.29 is 13.2 Å². The molecular formula is C10H12N2O3S. The van der Waals surface area contributed by atoms with Gasteiger partial charge in [0.25, 0.3) is 0 Å². The number of rotatable bonds is 4. The van der Waals surface area contributed by atoms with Crippen molar-refractivity contribution in [3.8, 4) is 18.1 Å². The number of ether oxygens (including phenoxy) is 1. The molecule has 0 bridgehead atoms. The number of hydrogen-bond acceptors (Lipinski definition) is 4. The summed E-state index contributed by atoms with van der Waals surface area (Å²) in [5, 5.41) is 0. The molecule has 0 aliphatic rings. The first-order chi connectivity index (χ1) is 7.51. The van der Waals surface area contributed by atoms with E-state index in [1.54, 1.807) is 0 Å². The summed E-state index contributed by atoms with van der Waals surface area (Å²) in [7, 11) is -2.14. The molecule has 1 aromatic carbocycles. The number of sulfonamides is 1. The number of anilines is 1. The number of hydrogen-bond donors (Lipinski definition) is 2. The fourth-order valence-electron chi connectivity index (χ4n) is 1.10. The summed E-state index contributed by atoms with van der Waals surface area (Å²) >= 11 is 0. The van der Waals surface area contributed by atoms with Crippen LogP contribution in [0.4, 0.5) is 5.69 Å². The Morgan fingerprint density at radius 3 is 2.75 bits per heavy atom. The highest BCUT2D eigenvalue weighted by molar-refractivity contribution is 7.89. The van der Waals surface area contributed by atoms with Crippen LogP contribution >= 0.6 is 0 Å². The quantitative estimate of drug-likeness (QED) is 0.581. The molecule has 0 spiro atoms. The zero-order valence-corrected chi connectivity index (χ0v) is 9.54. The number of benzene rings is 1. The molecule has 86 valence electrons. The van der Waals surface area contributed by atoms with Gasteiger partial charge in [0.05, 0.1) is 24.2 Å². The molecule has 0 heterocycles. The predicted octanol–water partition coefficient (Wildman–Crippen LogP) is 0.189. The molecule has 3 N–H and O–H groups in total. The molecule has 0 unspecified atom stereocenters. The monoisotopic (exact) mass is 240 g/mol.